The zero-order chi connectivity index (χ0) is 20.1. The fourth-order valence-corrected chi connectivity index (χ4v) is 3.38. The van der Waals surface area contributed by atoms with E-state index < -0.39 is 34.7 Å². The Kier molecular flexibility index (Phi) is 6.90. The molecule has 146 valence electrons. The van der Waals surface area contributed by atoms with E-state index in [0.29, 0.717) is 10.7 Å². The van der Waals surface area contributed by atoms with Gasteiger partial charge in [0.2, 0.25) is 6.54 Å². The van der Waals surface area contributed by atoms with Crippen LogP contribution in [0.3, 0.4) is 0 Å². The van der Waals surface area contributed by atoms with Crippen LogP contribution in [-0.2, 0) is 19.1 Å². The van der Waals surface area contributed by atoms with Crippen molar-refractivity contribution in [3.8, 4) is 0 Å². The number of ether oxygens (including phenoxy) is 1. The second-order valence-electron chi connectivity index (χ2n) is 6.77. The summed E-state index contributed by atoms with van der Waals surface area (Å²) in [6, 6.07) is 6.43. The molecule has 0 spiro atoms. The number of halogens is 1. The van der Waals surface area contributed by atoms with Gasteiger partial charge in [0.05, 0.1) is 6.42 Å². The van der Waals surface area contributed by atoms with Gasteiger partial charge in [-0.2, -0.15) is 0 Å². The number of nitrogens with zero attached hydrogens (tertiary/aromatic N) is 1. The predicted octanol–water partition coefficient (Wildman–Crippen LogP) is 2.72. The maximum absolute atomic E-state index is 12.2. The number of nitro groups is 1. The van der Waals surface area contributed by atoms with Crippen LogP contribution in [0, 0.1) is 27.9 Å². The van der Waals surface area contributed by atoms with Gasteiger partial charge in [0, 0.05) is 33.9 Å². The molecule has 0 radical (unpaired) electrons. The minimum Gasteiger partial charge on any atom is -0.453 e. The highest BCUT2D eigenvalue weighted by Gasteiger charge is 2.44. The summed E-state index contributed by atoms with van der Waals surface area (Å²) >= 11 is 5.77. The van der Waals surface area contributed by atoms with Gasteiger partial charge in [-0.1, -0.05) is 18.5 Å². The van der Waals surface area contributed by atoms with Crippen LogP contribution in [0.2, 0.25) is 5.02 Å². The molecular weight excluding hydrogens is 376 g/mol. The molecule has 0 aromatic heterocycles. The van der Waals surface area contributed by atoms with Crippen LogP contribution in [0.15, 0.2) is 24.3 Å². The third kappa shape index (κ3) is 5.75. The molecule has 1 aromatic rings. The van der Waals surface area contributed by atoms with Crippen molar-refractivity contribution < 1.29 is 24.0 Å². The van der Waals surface area contributed by atoms with E-state index in [4.69, 9.17) is 16.3 Å². The number of carbonyl (C=O) groups excluding carboxylic acids is 3. The molecule has 1 aromatic carbocycles. The first-order valence-electron chi connectivity index (χ1n) is 8.57. The number of nitrogens with one attached hydrogen (secondary N) is 1. The number of rotatable bonds is 7. The highest BCUT2D eigenvalue weighted by atomic mass is 35.5. The maximum Gasteiger partial charge on any atom is 0.307 e. The molecule has 1 N–H and O–H groups in total. The molecule has 1 aliphatic rings. The second-order valence-corrected chi connectivity index (χ2v) is 7.20. The Morgan fingerprint density at radius 1 is 1.37 bits per heavy atom. The van der Waals surface area contributed by atoms with E-state index in [9.17, 15) is 24.5 Å². The first-order chi connectivity index (χ1) is 12.7. The molecule has 0 unspecified atom stereocenters. The Morgan fingerprint density at radius 2 is 2.00 bits per heavy atom. The Labute approximate surface area is 161 Å². The van der Waals surface area contributed by atoms with Gasteiger partial charge in [0.15, 0.2) is 6.10 Å². The number of ketones is 1. The molecule has 1 aliphatic carbocycles. The minimum absolute atomic E-state index is 0.161. The summed E-state index contributed by atoms with van der Waals surface area (Å²) in [5.74, 6) is -2.84. The molecule has 9 heteroatoms. The number of hydrogen-bond donors (Lipinski definition) is 1. The average molecular weight is 397 g/mol. The number of Topliss-reactive ketones (excluding diaryl/α,β-unsaturated/α-hetero) is 1. The van der Waals surface area contributed by atoms with E-state index in [-0.39, 0.29) is 31.1 Å². The van der Waals surface area contributed by atoms with Crippen LogP contribution in [0.25, 0.3) is 0 Å². The second kappa shape index (κ2) is 8.94. The largest absolute Gasteiger partial charge is 0.453 e. The van der Waals surface area contributed by atoms with Crippen LogP contribution < -0.4 is 5.32 Å². The third-order valence-electron chi connectivity index (χ3n) is 4.72. The number of esters is 1. The highest BCUT2D eigenvalue weighted by molar-refractivity contribution is 6.30. The smallest absolute Gasteiger partial charge is 0.307 e. The molecular formula is C18H21ClN2O6. The lowest BCUT2D eigenvalue weighted by Crippen LogP contribution is -2.32. The van der Waals surface area contributed by atoms with E-state index in [1.54, 1.807) is 31.2 Å². The lowest BCUT2D eigenvalue weighted by molar-refractivity contribution is -0.490. The molecule has 0 heterocycles. The molecule has 0 bridgehead atoms. The van der Waals surface area contributed by atoms with E-state index in [0.717, 1.165) is 0 Å². The van der Waals surface area contributed by atoms with Gasteiger partial charge in [0.1, 0.15) is 5.78 Å². The lowest BCUT2D eigenvalue weighted by Gasteiger charge is -2.18. The van der Waals surface area contributed by atoms with Gasteiger partial charge in [-0.25, -0.2) is 0 Å². The van der Waals surface area contributed by atoms with Gasteiger partial charge in [-0.3, -0.25) is 24.5 Å². The van der Waals surface area contributed by atoms with Crippen LogP contribution in [-0.4, -0.2) is 35.2 Å². The van der Waals surface area contributed by atoms with Crippen molar-refractivity contribution in [1.29, 1.82) is 0 Å². The maximum atomic E-state index is 12.2. The van der Waals surface area contributed by atoms with E-state index in [2.05, 4.69) is 5.32 Å². The molecule has 1 saturated carbocycles. The Balaban J connectivity index is 1.91. The Hall–Kier alpha value is -2.48. The van der Waals surface area contributed by atoms with Crippen LogP contribution >= 0.6 is 11.6 Å². The van der Waals surface area contributed by atoms with Crippen molar-refractivity contribution in [2.45, 2.75) is 32.8 Å². The van der Waals surface area contributed by atoms with Gasteiger partial charge in [-0.05, 0) is 37.1 Å². The zero-order valence-corrected chi connectivity index (χ0v) is 15.8. The zero-order valence-electron chi connectivity index (χ0n) is 15.0. The van der Waals surface area contributed by atoms with Gasteiger partial charge in [-0.15, -0.1) is 0 Å². The fraction of sp³-hybridized carbons (Fsp3) is 0.500. The van der Waals surface area contributed by atoms with Crippen molar-refractivity contribution >= 4 is 34.9 Å². The summed E-state index contributed by atoms with van der Waals surface area (Å²) in [6.45, 7) is 2.81. The quantitative estimate of drug-likeness (QED) is 0.430. The first kappa shape index (κ1) is 20.8. The topological polar surface area (TPSA) is 116 Å². The lowest BCUT2D eigenvalue weighted by atomic mass is 9.88. The molecule has 27 heavy (non-hydrogen) atoms. The SMILES string of the molecule is C[C@H](OC(=O)C[C@@H]1C(=O)C[C@@H](C)[C@H]1C[N+](=O)[O-])C(=O)Nc1ccc(Cl)cc1. The summed E-state index contributed by atoms with van der Waals surface area (Å²) in [4.78, 5) is 46.7. The summed E-state index contributed by atoms with van der Waals surface area (Å²) in [6.07, 6.45) is -1.13. The molecule has 0 saturated heterocycles. The van der Waals surface area contributed by atoms with Crippen molar-refractivity contribution in [2.75, 3.05) is 11.9 Å². The molecule has 2 rings (SSSR count). The van der Waals surface area contributed by atoms with E-state index in [1.165, 1.54) is 6.92 Å². The van der Waals surface area contributed by atoms with Crippen LogP contribution in [0.5, 0.6) is 0 Å². The van der Waals surface area contributed by atoms with E-state index >= 15 is 0 Å². The minimum atomic E-state index is -1.07. The van der Waals surface area contributed by atoms with Gasteiger partial charge < -0.3 is 10.1 Å². The number of benzene rings is 1. The number of anilines is 1. The third-order valence-corrected chi connectivity index (χ3v) is 4.97. The molecule has 8 nitrogen and oxygen atoms in total. The van der Waals surface area contributed by atoms with Crippen LogP contribution in [0.1, 0.15) is 26.7 Å². The molecule has 4 atom stereocenters. The highest BCUT2D eigenvalue weighted by Crippen LogP contribution is 2.36. The summed E-state index contributed by atoms with van der Waals surface area (Å²) < 4.78 is 5.11. The Morgan fingerprint density at radius 3 is 2.59 bits per heavy atom. The number of carbonyl (C=O) groups is 3. The predicted molar refractivity (Wildman–Crippen MR) is 97.9 cm³/mol. The van der Waals surface area contributed by atoms with Crippen molar-refractivity contribution in [1.82, 2.24) is 0 Å². The van der Waals surface area contributed by atoms with Crippen molar-refractivity contribution in [3.63, 3.8) is 0 Å². The van der Waals surface area contributed by atoms with Gasteiger partial charge in [0.25, 0.3) is 5.91 Å². The van der Waals surface area contributed by atoms with Crippen LogP contribution in [0.4, 0.5) is 5.69 Å². The average Bonchev–Trinajstić information content (AvgIpc) is 2.83. The van der Waals surface area contributed by atoms with Gasteiger partial charge >= 0.3 is 5.97 Å². The van der Waals surface area contributed by atoms with Crippen molar-refractivity contribution in [3.05, 3.63) is 39.4 Å². The first-order valence-corrected chi connectivity index (χ1v) is 8.95. The molecule has 1 amide bonds. The fourth-order valence-electron chi connectivity index (χ4n) is 3.26. The van der Waals surface area contributed by atoms with E-state index in [1.807, 2.05) is 0 Å². The summed E-state index contributed by atoms with van der Waals surface area (Å²) in [7, 11) is 0. The summed E-state index contributed by atoms with van der Waals surface area (Å²) in [5, 5.41) is 13.9. The monoisotopic (exact) mass is 396 g/mol. The standard InChI is InChI=1S/C18H21ClN2O6/c1-10-7-16(22)14(15(10)9-21(25)26)8-17(23)27-11(2)18(24)20-13-5-3-12(19)4-6-13/h3-6,10-11,14-15H,7-9H2,1-2H3,(H,20,24)/t10-,11+,14+,15-/m1/s1. The number of hydrogen-bond acceptors (Lipinski definition) is 6. The molecule has 0 aliphatic heterocycles. The summed E-state index contributed by atoms with van der Waals surface area (Å²) in [5.41, 5.74) is 0.498. The number of amides is 1. The molecule has 1 fully saturated rings. The Bertz CT molecular complexity index is 736. The van der Waals surface area contributed by atoms with Crippen molar-refractivity contribution in [2.24, 2.45) is 17.8 Å². The normalized spacial score (nSPS) is 22.9.